The molecule has 3 N–H and O–H groups in total. The van der Waals surface area contributed by atoms with E-state index in [1.165, 1.54) is 0 Å². The van der Waals surface area contributed by atoms with Crippen molar-refractivity contribution in [3.05, 3.63) is 34.3 Å². The molecule has 1 rings (SSSR count). The Morgan fingerprint density at radius 1 is 1.33 bits per heavy atom. The number of nitrogens with one attached hydrogen (secondary N) is 1. The maximum absolute atomic E-state index is 11.7. The van der Waals surface area contributed by atoms with E-state index in [1.54, 1.807) is 0 Å². The maximum atomic E-state index is 11.7. The molecule has 0 unspecified atom stereocenters. The van der Waals surface area contributed by atoms with Gasteiger partial charge in [-0.25, -0.2) is 0 Å². The summed E-state index contributed by atoms with van der Waals surface area (Å²) in [5.41, 5.74) is 6.40. The van der Waals surface area contributed by atoms with Crippen molar-refractivity contribution in [2.75, 3.05) is 6.54 Å². The number of halogens is 2. The van der Waals surface area contributed by atoms with Gasteiger partial charge in [-0.1, -0.05) is 28.1 Å². The second kappa shape index (κ2) is 7.77. The van der Waals surface area contributed by atoms with Crippen molar-refractivity contribution in [1.29, 1.82) is 0 Å². The summed E-state index contributed by atoms with van der Waals surface area (Å²) in [6, 6.07) is 8.00. The molecule has 0 saturated heterocycles. The lowest BCUT2D eigenvalue weighted by atomic mass is 10.0. The first-order valence-corrected chi connectivity index (χ1v) is 6.48. The standard InChI is InChI=1S/C13H19BrN2O.ClH/c1-13(2,9-15)16-12(17)8-5-10-3-6-11(14)7-4-10;/h3-4,6-7H,5,8-9,15H2,1-2H3,(H,16,17);1H. The third-order valence-electron chi connectivity index (χ3n) is 2.54. The van der Waals surface area contributed by atoms with Crippen LogP contribution < -0.4 is 11.1 Å². The Bertz CT molecular complexity index is 379. The van der Waals surface area contributed by atoms with Crippen molar-refractivity contribution in [3.63, 3.8) is 0 Å². The summed E-state index contributed by atoms with van der Waals surface area (Å²) in [5.74, 6) is 0.0448. The van der Waals surface area contributed by atoms with Gasteiger partial charge in [0.05, 0.1) is 0 Å². The lowest BCUT2D eigenvalue weighted by Crippen LogP contribution is -2.48. The minimum Gasteiger partial charge on any atom is -0.350 e. The van der Waals surface area contributed by atoms with Gasteiger partial charge >= 0.3 is 0 Å². The van der Waals surface area contributed by atoms with Gasteiger partial charge in [-0.2, -0.15) is 0 Å². The van der Waals surface area contributed by atoms with E-state index in [4.69, 9.17) is 5.73 Å². The van der Waals surface area contributed by atoms with Gasteiger partial charge in [0.2, 0.25) is 5.91 Å². The Hall–Kier alpha value is -0.580. The Labute approximate surface area is 123 Å². The Balaban J connectivity index is 0.00000289. The van der Waals surface area contributed by atoms with Gasteiger partial charge in [0.25, 0.3) is 0 Å². The smallest absolute Gasteiger partial charge is 0.220 e. The fourth-order valence-electron chi connectivity index (χ4n) is 1.40. The summed E-state index contributed by atoms with van der Waals surface area (Å²) in [5, 5.41) is 2.91. The summed E-state index contributed by atoms with van der Waals surface area (Å²) in [4.78, 5) is 11.7. The van der Waals surface area contributed by atoms with Crippen LogP contribution in [0.3, 0.4) is 0 Å². The topological polar surface area (TPSA) is 55.1 Å². The lowest BCUT2D eigenvalue weighted by molar-refractivity contribution is -0.122. The van der Waals surface area contributed by atoms with Crippen LogP contribution in [0.4, 0.5) is 0 Å². The first-order valence-electron chi connectivity index (χ1n) is 5.68. The average molecular weight is 336 g/mol. The highest BCUT2D eigenvalue weighted by atomic mass is 79.9. The molecule has 1 amide bonds. The molecule has 0 aromatic heterocycles. The molecule has 0 radical (unpaired) electrons. The minimum atomic E-state index is -0.323. The largest absolute Gasteiger partial charge is 0.350 e. The molecule has 0 spiro atoms. The van der Waals surface area contributed by atoms with Gasteiger partial charge in [-0.05, 0) is 38.0 Å². The van der Waals surface area contributed by atoms with E-state index in [0.29, 0.717) is 13.0 Å². The summed E-state index contributed by atoms with van der Waals surface area (Å²) in [7, 11) is 0. The molecule has 0 aliphatic rings. The van der Waals surface area contributed by atoms with Gasteiger partial charge in [0, 0.05) is 23.0 Å². The van der Waals surface area contributed by atoms with Gasteiger partial charge < -0.3 is 11.1 Å². The number of aryl methyl sites for hydroxylation is 1. The molecule has 0 saturated carbocycles. The third kappa shape index (κ3) is 6.38. The van der Waals surface area contributed by atoms with Crippen molar-refractivity contribution in [3.8, 4) is 0 Å². The molecular weight excluding hydrogens is 316 g/mol. The van der Waals surface area contributed by atoms with Gasteiger partial charge in [0.1, 0.15) is 0 Å². The zero-order chi connectivity index (χ0) is 12.9. The Morgan fingerprint density at radius 2 is 1.89 bits per heavy atom. The van der Waals surface area contributed by atoms with E-state index in [0.717, 1.165) is 16.5 Å². The second-order valence-corrected chi connectivity index (χ2v) is 5.68. The van der Waals surface area contributed by atoms with Crippen molar-refractivity contribution in [2.45, 2.75) is 32.2 Å². The minimum absolute atomic E-state index is 0. The molecule has 5 heteroatoms. The molecule has 0 fully saturated rings. The van der Waals surface area contributed by atoms with Gasteiger partial charge in [-0.15, -0.1) is 12.4 Å². The van der Waals surface area contributed by atoms with E-state index >= 15 is 0 Å². The number of carbonyl (C=O) groups excluding carboxylic acids is 1. The monoisotopic (exact) mass is 334 g/mol. The maximum Gasteiger partial charge on any atom is 0.220 e. The summed E-state index contributed by atoms with van der Waals surface area (Å²) < 4.78 is 1.05. The lowest BCUT2D eigenvalue weighted by Gasteiger charge is -2.24. The predicted octanol–water partition coefficient (Wildman–Crippen LogP) is 2.66. The number of benzene rings is 1. The number of amides is 1. The molecule has 1 aromatic rings. The molecule has 0 heterocycles. The van der Waals surface area contributed by atoms with Crippen molar-refractivity contribution in [1.82, 2.24) is 5.32 Å². The predicted molar refractivity (Wildman–Crippen MR) is 81.0 cm³/mol. The number of nitrogens with two attached hydrogens (primary N) is 1. The van der Waals surface area contributed by atoms with Crippen molar-refractivity contribution >= 4 is 34.2 Å². The number of hydrogen-bond donors (Lipinski definition) is 2. The van der Waals surface area contributed by atoms with Crippen molar-refractivity contribution < 1.29 is 4.79 Å². The Kier molecular flexibility index (Phi) is 7.52. The summed E-state index contributed by atoms with van der Waals surface area (Å²) in [6.45, 7) is 4.28. The highest BCUT2D eigenvalue weighted by Gasteiger charge is 2.17. The van der Waals surface area contributed by atoms with Gasteiger partial charge in [-0.3, -0.25) is 4.79 Å². The second-order valence-electron chi connectivity index (χ2n) is 4.76. The van der Waals surface area contributed by atoms with Gasteiger partial charge in [0.15, 0.2) is 0 Å². The fourth-order valence-corrected chi connectivity index (χ4v) is 1.66. The molecular formula is C13H20BrClN2O. The molecule has 18 heavy (non-hydrogen) atoms. The average Bonchev–Trinajstić information content (AvgIpc) is 2.28. The molecule has 1 aromatic carbocycles. The summed E-state index contributed by atoms with van der Waals surface area (Å²) in [6.07, 6.45) is 1.24. The zero-order valence-electron chi connectivity index (χ0n) is 10.7. The van der Waals surface area contributed by atoms with E-state index in [9.17, 15) is 4.79 Å². The van der Waals surface area contributed by atoms with E-state index in [-0.39, 0.29) is 23.9 Å². The normalized spacial score (nSPS) is 10.7. The number of hydrogen-bond acceptors (Lipinski definition) is 2. The van der Waals surface area contributed by atoms with Crippen LogP contribution in [0.5, 0.6) is 0 Å². The molecule has 0 atom stereocenters. The molecule has 3 nitrogen and oxygen atoms in total. The highest BCUT2D eigenvalue weighted by molar-refractivity contribution is 9.10. The first-order chi connectivity index (χ1) is 7.93. The molecule has 0 aliphatic carbocycles. The molecule has 102 valence electrons. The van der Waals surface area contributed by atoms with Crippen LogP contribution in [0.15, 0.2) is 28.7 Å². The summed E-state index contributed by atoms with van der Waals surface area (Å²) >= 11 is 3.38. The number of carbonyl (C=O) groups is 1. The van der Waals surface area contributed by atoms with Crippen LogP contribution in [0, 0.1) is 0 Å². The number of rotatable bonds is 5. The van der Waals surface area contributed by atoms with E-state index < -0.39 is 0 Å². The van der Waals surface area contributed by atoms with Crippen molar-refractivity contribution in [2.24, 2.45) is 5.73 Å². The van der Waals surface area contributed by atoms with Crippen LogP contribution in [0.2, 0.25) is 0 Å². The van der Waals surface area contributed by atoms with E-state index in [2.05, 4.69) is 21.2 Å². The first kappa shape index (κ1) is 17.4. The van der Waals surface area contributed by atoms with Crippen LogP contribution in [0.1, 0.15) is 25.8 Å². The van der Waals surface area contributed by atoms with Crippen LogP contribution in [-0.2, 0) is 11.2 Å². The van der Waals surface area contributed by atoms with E-state index in [1.807, 2.05) is 38.1 Å². The molecule has 0 bridgehead atoms. The van der Waals surface area contributed by atoms with Crippen LogP contribution in [-0.4, -0.2) is 18.0 Å². The Morgan fingerprint density at radius 3 is 2.39 bits per heavy atom. The highest BCUT2D eigenvalue weighted by Crippen LogP contribution is 2.12. The van der Waals surface area contributed by atoms with Crippen LogP contribution >= 0.6 is 28.3 Å². The third-order valence-corrected chi connectivity index (χ3v) is 3.07. The molecule has 0 aliphatic heterocycles. The zero-order valence-corrected chi connectivity index (χ0v) is 13.1. The quantitative estimate of drug-likeness (QED) is 0.869. The fraction of sp³-hybridized carbons (Fsp3) is 0.462. The van der Waals surface area contributed by atoms with Crippen LogP contribution in [0.25, 0.3) is 0 Å². The SMILES string of the molecule is CC(C)(CN)NC(=O)CCc1ccc(Br)cc1.Cl.